The molecule has 0 aliphatic carbocycles. The van der Waals surface area contributed by atoms with Gasteiger partial charge in [0.1, 0.15) is 19.8 Å². The Hall–Kier alpha value is -3.73. The smallest absolute Gasteiger partial charge is 0.330 e. The zero-order valence-corrected chi connectivity index (χ0v) is 15.4. The van der Waals surface area contributed by atoms with Crippen LogP contribution in [0.2, 0.25) is 0 Å². The first-order valence-electron chi connectivity index (χ1n) is 7.68. The van der Waals surface area contributed by atoms with Gasteiger partial charge >= 0.3 is 29.8 Å². The fourth-order valence-corrected chi connectivity index (χ4v) is 1.25. The maximum absolute atomic E-state index is 11.1. The third kappa shape index (κ3) is 15.1. The van der Waals surface area contributed by atoms with Gasteiger partial charge in [0.05, 0.1) is 12.0 Å². The van der Waals surface area contributed by atoms with E-state index in [-0.39, 0.29) is 19.8 Å². The summed E-state index contributed by atoms with van der Waals surface area (Å²) in [7, 11) is 0. The number of carbonyl (C=O) groups is 5. The second-order valence-corrected chi connectivity index (χ2v) is 5.10. The molecular weight excluding hydrogens is 392 g/mol. The van der Waals surface area contributed by atoms with Gasteiger partial charge in [0.25, 0.3) is 0 Å². The van der Waals surface area contributed by atoms with Crippen LogP contribution in [-0.4, -0.2) is 71.6 Å². The number of ether oxygens (including phenoxy) is 3. The quantitative estimate of drug-likeness (QED) is 0.220. The first-order valence-corrected chi connectivity index (χ1v) is 7.68. The number of carboxylic acid groups (broad SMARTS) is 2. The van der Waals surface area contributed by atoms with Gasteiger partial charge in [-0.15, -0.1) is 0 Å². The van der Waals surface area contributed by atoms with Crippen LogP contribution in [0.4, 0.5) is 0 Å². The van der Waals surface area contributed by atoms with Crippen LogP contribution in [-0.2, 0) is 38.2 Å². The van der Waals surface area contributed by atoms with Crippen LogP contribution in [0, 0.1) is 5.41 Å². The zero-order valence-electron chi connectivity index (χ0n) is 15.4. The van der Waals surface area contributed by atoms with E-state index < -0.39 is 41.9 Å². The second kappa shape index (κ2) is 15.3. The minimum Gasteiger partial charge on any atom is -0.478 e. The van der Waals surface area contributed by atoms with E-state index in [4.69, 9.17) is 24.4 Å². The summed E-state index contributed by atoms with van der Waals surface area (Å²) in [6.45, 7) is 8.14. The Bertz CT molecular complexity index is 585. The van der Waals surface area contributed by atoms with Crippen LogP contribution < -0.4 is 0 Å². The van der Waals surface area contributed by atoms with Crippen molar-refractivity contribution in [2.75, 3.05) is 26.4 Å². The minimum absolute atomic E-state index is 0.330. The summed E-state index contributed by atoms with van der Waals surface area (Å²) in [5.74, 6) is -4.69. The van der Waals surface area contributed by atoms with Gasteiger partial charge in [-0.25, -0.2) is 24.0 Å². The van der Waals surface area contributed by atoms with Gasteiger partial charge in [0, 0.05) is 30.4 Å². The summed E-state index contributed by atoms with van der Waals surface area (Å²) >= 11 is 0. The van der Waals surface area contributed by atoms with Crippen molar-refractivity contribution in [1.29, 1.82) is 0 Å². The Morgan fingerprint density at radius 1 is 0.690 bits per heavy atom. The number of aliphatic carboxylic acids is 2. The molecule has 11 nitrogen and oxygen atoms in total. The Kier molecular flexibility index (Phi) is 14.5. The summed E-state index contributed by atoms with van der Waals surface area (Å²) in [5.41, 5.74) is -1.28. The molecule has 0 amide bonds. The lowest BCUT2D eigenvalue weighted by Crippen LogP contribution is -2.42. The largest absolute Gasteiger partial charge is 0.478 e. The molecule has 0 saturated carbocycles. The van der Waals surface area contributed by atoms with Crippen molar-refractivity contribution in [2.24, 2.45) is 5.41 Å². The predicted octanol–water partition coefficient (Wildman–Crippen LogP) is -0.135. The summed E-state index contributed by atoms with van der Waals surface area (Å²) in [6.07, 6.45) is 3.93. The molecule has 0 aliphatic heterocycles. The molecule has 0 bridgehead atoms. The number of esters is 3. The van der Waals surface area contributed by atoms with Crippen LogP contribution in [0.15, 0.2) is 50.1 Å². The van der Waals surface area contributed by atoms with Crippen LogP contribution in [0.3, 0.4) is 0 Å². The molecule has 11 heteroatoms. The number of rotatable bonds is 12. The Balaban J connectivity index is 0. The van der Waals surface area contributed by atoms with E-state index >= 15 is 0 Å². The normalized spacial score (nSPS) is 9.97. The number of hydrogen-bond acceptors (Lipinski definition) is 9. The van der Waals surface area contributed by atoms with Crippen molar-refractivity contribution in [3.8, 4) is 0 Å². The molecule has 0 aromatic carbocycles. The standard InChI is InChI=1S/C14H18O7.C4H4O4/c1-4-11(16)19-8-14(7-15,9-20-12(17)5-2)10-21-13(18)6-3;5-3(6)1-2-4(7)8/h4-6,15H,1-3,7-10H2;1-2H,(H,5,6)(H,7,8)/b;2-1-. The van der Waals surface area contributed by atoms with E-state index in [1.54, 1.807) is 0 Å². The molecule has 0 saturated heterocycles. The van der Waals surface area contributed by atoms with E-state index in [2.05, 4.69) is 19.7 Å². The predicted molar refractivity (Wildman–Crippen MR) is 97.4 cm³/mol. The molecule has 0 aromatic rings. The number of aliphatic hydroxyl groups excluding tert-OH is 1. The van der Waals surface area contributed by atoms with Crippen LogP contribution in [0.5, 0.6) is 0 Å². The summed E-state index contributed by atoms with van der Waals surface area (Å²) < 4.78 is 14.5. The van der Waals surface area contributed by atoms with E-state index in [1.807, 2.05) is 0 Å². The van der Waals surface area contributed by atoms with Gasteiger partial charge in [0.2, 0.25) is 0 Å². The third-order valence-electron chi connectivity index (χ3n) is 2.77. The van der Waals surface area contributed by atoms with Crippen molar-refractivity contribution in [3.63, 3.8) is 0 Å². The van der Waals surface area contributed by atoms with Crippen molar-refractivity contribution in [3.05, 3.63) is 50.1 Å². The zero-order chi connectivity index (χ0) is 22.9. The summed E-state index contributed by atoms with van der Waals surface area (Å²) in [4.78, 5) is 52.4. The molecule has 29 heavy (non-hydrogen) atoms. The second-order valence-electron chi connectivity index (χ2n) is 5.10. The van der Waals surface area contributed by atoms with E-state index in [0.29, 0.717) is 12.2 Å². The van der Waals surface area contributed by atoms with E-state index in [1.165, 1.54) is 0 Å². The highest BCUT2D eigenvalue weighted by atomic mass is 16.6. The lowest BCUT2D eigenvalue weighted by molar-refractivity contribution is -0.159. The molecular formula is C18H22O11. The average molecular weight is 414 g/mol. The molecule has 0 aromatic heterocycles. The highest BCUT2D eigenvalue weighted by Crippen LogP contribution is 2.19. The Morgan fingerprint density at radius 2 is 0.966 bits per heavy atom. The van der Waals surface area contributed by atoms with Crippen LogP contribution in [0.25, 0.3) is 0 Å². The van der Waals surface area contributed by atoms with Gasteiger partial charge in [-0.3, -0.25) is 0 Å². The number of carbonyl (C=O) groups excluding carboxylic acids is 3. The molecule has 0 fully saturated rings. The summed E-state index contributed by atoms with van der Waals surface area (Å²) in [6, 6.07) is 0. The molecule has 0 atom stereocenters. The maximum Gasteiger partial charge on any atom is 0.330 e. The minimum atomic E-state index is -1.28. The van der Waals surface area contributed by atoms with Crippen molar-refractivity contribution in [1.82, 2.24) is 0 Å². The fraction of sp³-hybridized carbons (Fsp3) is 0.278. The lowest BCUT2D eigenvalue weighted by atomic mass is 9.92. The highest BCUT2D eigenvalue weighted by Gasteiger charge is 2.35. The molecule has 0 heterocycles. The lowest BCUT2D eigenvalue weighted by Gasteiger charge is -2.29. The molecule has 0 rings (SSSR count). The first kappa shape index (κ1) is 27.5. The van der Waals surface area contributed by atoms with Gasteiger partial charge in [-0.1, -0.05) is 19.7 Å². The Labute approximate surface area is 166 Å². The van der Waals surface area contributed by atoms with Crippen LogP contribution >= 0.6 is 0 Å². The van der Waals surface area contributed by atoms with Crippen molar-refractivity contribution < 1.29 is 53.5 Å². The molecule has 160 valence electrons. The van der Waals surface area contributed by atoms with Crippen molar-refractivity contribution >= 4 is 29.8 Å². The molecule has 0 radical (unpaired) electrons. The van der Waals surface area contributed by atoms with E-state index in [0.717, 1.165) is 18.2 Å². The molecule has 3 N–H and O–H groups in total. The third-order valence-corrected chi connectivity index (χ3v) is 2.77. The topological polar surface area (TPSA) is 174 Å². The molecule has 0 aliphatic rings. The SMILES string of the molecule is C=CC(=O)OCC(CO)(COC(=O)C=C)COC(=O)C=C.O=C(O)/C=C\C(=O)O. The first-order chi connectivity index (χ1) is 13.6. The van der Waals surface area contributed by atoms with Gasteiger partial charge in [-0.2, -0.15) is 0 Å². The van der Waals surface area contributed by atoms with Gasteiger partial charge < -0.3 is 29.5 Å². The van der Waals surface area contributed by atoms with Gasteiger partial charge in [0.15, 0.2) is 0 Å². The maximum atomic E-state index is 11.1. The Morgan fingerprint density at radius 3 is 1.14 bits per heavy atom. The fourth-order valence-electron chi connectivity index (χ4n) is 1.25. The molecule has 0 unspecified atom stereocenters. The van der Waals surface area contributed by atoms with E-state index in [9.17, 15) is 29.1 Å². The number of hydrogen-bond donors (Lipinski definition) is 3. The van der Waals surface area contributed by atoms with Gasteiger partial charge in [-0.05, 0) is 0 Å². The number of carboxylic acids is 2. The monoisotopic (exact) mass is 414 g/mol. The van der Waals surface area contributed by atoms with Crippen LogP contribution in [0.1, 0.15) is 0 Å². The highest BCUT2D eigenvalue weighted by molar-refractivity contribution is 5.89. The average Bonchev–Trinajstić information content (AvgIpc) is 2.71. The molecule has 0 spiro atoms. The number of aliphatic hydroxyl groups is 1. The van der Waals surface area contributed by atoms with Crippen molar-refractivity contribution in [2.45, 2.75) is 0 Å². The summed E-state index contributed by atoms with van der Waals surface area (Å²) in [5, 5.41) is 25.1.